The lowest BCUT2D eigenvalue weighted by atomic mass is 9.98. The zero-order valence-electron chi connectivity index (χ0n) is 26.6. The highest BCUT2D eigenvalue weighted by Crippen LogP contribution is 2.43. The smallest absolute Gasteiger partial charge is 0.0542 e. The largest absolute Gasteiger partial charge is 0.310 e. The van der Waals surface area contributed by atoms with Crippen molar-refractivity contribution < 1.29 is 0 Å². The normalized spacial score (nSPS) is 11.7. The van der Waals surface area contributed by atoms with Crippen LogP contribution in [-0.2, 0) is 0 Å². The van der Waals surface area contributed by atoms with Crippen molar-refractivity contribution in [1.82, 2.24) is 4.57 Å². The summed E-state index contributed by atoms with van der Waals surface area (Å²) in [5.41, 5.74) is 9.42. The van der Waals surface area contributed by atoms with Gasteiger partial charge in [0.15, 0.2) is 0 Å². The molecule has 0 unspecified atom stereocenters. The number of hydrogen-bond donors (Lipinski definition) is 0. The van der Waals surface area contributed by atoms with Gasteiger partial charge in [0.2, 0.25) is 0 Å². The number of hydrogen-bond acceptors (Lipinski definition) is 2. The summed E-state index contributed by atoms with van der Waals surface area (Å²) in [4.78, 5) is 2.41. The van der Waals surface area contributed by atoms with E-state index in [1.165, 1.54) is 63.9 Å². The highest BCUT2D eigenvalue weighted by molar-refractivity contribution is 7.25. The molecular formula is C46H30N2S. The molecule has 0 bridgehead atoms. The number of thiophene rings is 1. The first-order chi connectivity index (χ1) is 24.3. The van der Waals surface area contributed by atoms with E-state index in [9.17, 15) is 0 Å². The van der Waals surface area contributed by atoms with Gasteiger partial charge in [0.05, 0.1) is 11.0 Å². The maximum atomic E-state index is 2.41. The average molecular weight is 643 g/mol. The molecule has 230 valence electrons. The maximum absolute atomic E-state index is 2.41. The van der Waals surface area contributed by atoms with E-state index in [1.54, 1.807) is 0 Å². The Bertz CT molecular complexity index is 2820. The Kier molecular flexibility index (Phi) is 6.39. The second-order valence-corrected chi connectivity index (χ2v) is 13.7. The Morgan fingerprint density at radius 1 is 0.388 bits per heavy atom. The molecule has 8 aromatic carbocycles. The van der Waals surface area contributed by atoms with Crippen LogP contribution in [0.15, 0.2) is 182 Å². The van der Waals surface area contributed by atoms with Crippen LogP contribution in [0.4, 0.5) is 17.1 Å². The molecular weight excluding hydrogens is 613 g/mol. The number of aromatic nitrogens is 1. The van der Waals surface area contributed by atoms with Crippen LogP contribution in [-0.4, -0.2) is 4.57 Å². The minimum Gasteiger partial charge on any atom is -0.310 e. The van der Waals surface area contributed by atoms with Gasteiger partial charge >= 0.3 is 0 Å². The molecule has 0 fully saturated rings. The molecule has 0 saturated heterocycles. The van der Waals surface area contributed by atoms with E-state index in [0.29, 0.717) is 0 Å². The van der Waals surface area contributed by atoms with Gasteiger partial charge in [-0.15, -0.1) is 11.3 Å². The number of benzene rings is 8. The Hall–Kier alpha value is -6.16. The Morgan fingerprint density at radius 2 is 1.02 bits per heavy atom. The van der Waals surface area contributed by atoms with E-state index in [0.717, 1.165) is 22.7 Å². The van der Waals surface area contributed by atoms with Crippen molar-refractivity contribution in [2.24, 2.45) is 0 Å². The zero-order valence-corrected chi connectivity index (χ0v) is 27.4. The monoisotopic (exact) mass is 642 g/mol. The summed E-state index contributed by atoms with van der Waals surface area (Å²) in [5.74, 6) is 0. The zero-order chi connectivity index (χ0) is 32.3. The highest BCUT2D eigenvalue weighted by Gasteiger charge is 2.19. The molecule has 3 heteroatoms. The first-order valence-electron chi connectivity index (χ1n) is 16.7. The molecule has 10 rings (SSSR count). The van der Waals surface area contributed by atoms with Gasteiger partial charge in [0.1, 0.15) is 0 Å². The van der Waals surface area contributed by atoms with E-state index in [-0.39, 0.29) is 0 Å². The van der Waals surface area contributed by atoms with Crippen molar-refractivity contribution >= 4 is 81.1 Å². The van der Waals surface area contributed by atoms with Gasteiger partial charge < -0.3 is 9.47 Å². The molecule has 0 aliphatic rings. The van der Waals surface area contributed by atoms with Gasteiger partial charge in [-0.25, -0.2) is 0 Å². The lowest BCUT2D eigenvalue weighted by Gasteiger charge is -2.26. The SMILES string of the molecule is c1ccc(-n2c3ccccc3c3cc(N(c4ccc(-c5cccc6ccccc56)cc4)c4ccc5c(c4)sc4ccccc45)ccc32)cc1. The second-order valence-electron chi connectivity index (χ2n) is 12.6. The van der Waals surface area contributed by atoms with Gasteiger partial charge in [-0.2, -0.15) is 0 Å². The lowest BCUT2D eigenvalue weighted by Crippen LogP contribution is -2.09. The van der Waals surface area contributed by atoms with Crippen molar-refractivity contribution in [2.75, 3.05) is 4.90 Å². The van der Waals surface area contributed by atoms with E-state index in [1.807, 2.05) is 11.3 Å². The van der Waals surface area contributed by atoms with Gasteiger partial charge in [0, 0.05) is 53.7 Å². The standard InChI is InChI=1S/C46H30N2S/c1-2-13-33(14-3-1)48-43-19-8-6-16-39(43)42-29-35(26-28-44(42)48)47(36-25-27-41-40-17-7-9-20-45(40)49-46(41)30-36)34-23-21-32(22-24-34)38-18-10-12-31-11-4-5-15-37(31)38/h1-30H. The summed E-state index contributed by atoms with van der Waals surface area (Å²) in [6.45, 7) is 0. The molecule has 0 saturated carbocycles. The Labute approximate surface area is 288 Å². The van der Waals surface area contributed by atoms with Crippen molar-refractivity contribution in [1.29, 1.82) is 0 Å². The number of para-hydroxylation sites is 2. The summed E-state index contributed by atoms with van der Waals surface area (Å²) in [5, 5.41) is 7.62. The van der Waals surface area contributed by atoms with E-state index in [2.05, 4.69) is 191 Å². The van der Waals surface area contributed by atoms with Crippen LogP contribution in [0.1, 0.15) is 0 Å². The summed E-state index contributed by atoms with van der Waals surface area (Å²) in [6.07, 6.45) is 0. The molecule has 2 nitrogen and oxygen atoms in total. The molecule has 0 N–H and O–H groups in total. The van der Waals surface area contributed by atoms with Gasteiger partial charge in [-0.3, -0.25) is 0 Å². The van der Waals surface area contributed by atoms with Crippen LogP contribution in [0.3, 0.4) is 0 Å². The molecule has 0 amide bonds. The number of anilines is 3. The van der Waals surface area contributed by atoms with Crippen LogP contribution >= 0.6 is 11.3 Å². The third kappa shape index (κ3) is 4.55. The molecule has 0 radical (unpaired) electrons. The fourth-order valence-electron chi connectivity index (χ4n) is 7.52. The summed E-state index contributed by atoms with van der Waals surface area (Å²) >= 11 is 1.86. The number of nitrogens with zero attached hydrogens (tertiary/aromatic N) is 2. The molecule has 49 heavy (non-hydrogen) atoms. The fourth-order valence-corrected chi connectivity index (χ4v) is 8.66. The topological polar surface area (TPSA) is 8.17 Å². The third-order valence-electron chi connectivity index (χ3n) is 9.78. The molecule has 0 aliphatic carbocycles. The van der Waals surface area contributed by atoms with Crippen LogP contribution in [0.5, 0.6) is 0 Å². The predicted molar refractivity (Wildman–Crippen MR) is 211 cm³/mol. The molecule has 0 atom stereocenters. The molecule has 2 aromatic heterocycles. The van der Waals surface area contributed by atoms with Crippen LogP contribution in [0.2, 0.25) is 0 Å². The van der Waals surface area contributed by atoms with Gasteiger partial charge in [0.25, 0.3) is 0 Å². The van der Waals surface area contributed by atoms with Crippen LogP contribution in [0.25, 0.3) is 69.6 Å². The first kappa shape index (κ1) is 27.9. The summed E-state index contributed by atoms with van der Waals surface area (Å²) in [6, 6.07) is 66.2. The molecule has 0 aliphatic heterocycles. The summed E-state index contributed by atoms with van der Waals surface area (Å²) < 4.78 is 4.98. The Balaban J connectivity index is 1.17. The second kappa shape index (κ2) is 11.2. The number of rotatable bonds is 5. The van der Waals surface area contributed by atoms with Crippen molar-refractivity contribution in [3.8, 4) is 16.8 Å². The van der Waals surface area contributed by atoms with Gasteiger partial charge in [-0.1, -0.05) is 115 Å². The van der Waals surface area contributed by atoms with Crippen LogP contribution in [0, 0.1) is 0 Å². The highest BCUT2D eigenvalue weighted by atomic mass is 32.1. The molecule has 0 spiro atoms. The maximum Gasteiger partial charge on any atom is 0.0542 e. The average Bonchev–Trinajstić information content (AvgIpc) is 3.70. The quantitative estimate of drug-likeness (QED) is 0.181. The van der Waals surface area contributed by atoms with Crippen molar-refractivity contribution in [3.05, 3.63) is 182 Å². The minimum absolute atomic E-state index is 1.12. The van der Waals surface area contributed by atoms with Gasteiger partial charge in [-0.05, 0) is 88.6 Å². The van der Waals surface area contributed by atoms with E-state index in [4.69, 9.17) is 0 Å². The van der Waals surface area contributed by atoms with Crippen molar-refractivity contribution in [2.45, 2.75) is 0 Å². The van der Waals surface area contributed by atoms with Crippen LogP contribution < -0.4 is 4.90 Å². The molecule has 10 aromatic rings. The first-order valence-corrected chi connectivity index (χ1v) is 17.5. The van der Waals surface area contributed by atoms with Crippen molar-refractivity contribution in [3.63, 3.8) is 0 Å². The molecule has 2 heterocycles. The predicted octanol–water partition coefficient (Wildman–Crippen LogP) is 13.4. The minimum atomic E-state index is 1.12. The number of fused-ring (bicyclic) bond motifs is 7. The fraction of sp³-hybridized carbons (Fsp3) is 0. The van der Waals surface area contributed by atoms with E-state index < -0.39 is 0 Å². The summed E-state index contributed by atoms with van der Waals surface area (Å²) in [7, 11) is 0. The lowest BCUT2D eigenvalue weighted by molar-refractivity contribution is 1.18. The Morgan fingerprint density at radius 3 is 1.90 bits per heavy atom. The third-order valence-corrected chi connectivity index (χ3v) is 10.9. The van der Waals surface area contributed by atoms with E-state index >= 15 is 0 Å².